The average Bonchev–Trinajstić information content (AvgIpc) is 1.77. The summed E-state index contributed by atoms with van der Waals surface area (Å²) in [6.45, 7) is -0.886. The first-order chi connectivity index (χ1) is 45.1. The highest BCUT2D eigenvalue weighted by molar-refractivity contribution is 6.04. The molecule has 6 fully saturated rings. The minimum absolute atomic E-state index is 0.0883. The van der Waals surface area contributed by atoms with Crippen LogP contribution in [0, 0.1) is 16.7 Å². The number of aliphatic hydroxyl groups excluding tert-OH is 13. The van der Waals surface area contributed by atoms with E-state index in [9.17, 15) is 90.4 Å². The molecule has 0 spiro atoms. The lowest BCUT2D eigenvalue weighted by Gasteiger charge is -2.46. The van der Waals surface area contributed by atoms with E-state index < -0.39 is 246 Å². The summed E-state index contributed by atoms with van der Waals surface area (Å²) >= 11 is 0. The second-order valence-corrected chi connectivity index (χ2v) is 23.8. The van der Waals surface area contributed by atoms with Gasteiger partial charge in [0.25, 0.3) is 0 Å². The molecule has 0 aromatic heterocycles. The molecule has 2 aromatic rings. The number of benzene rings is 2. The Kier molecular flexibility index (Phi) is 24.6. The molecule has 0 bridgehead atoms. The van der Waals surface area contributed by atoms with Crippen molar-refractivity contribution < 1.29 is 128 Å². The van der Waals surface area contributed by atoms with Crippen LogP contribution in [0.25, 0.3) is 0 Å². The largest absolute Gasteiger partial charge is 0.463 e. The highest BCUT2D eigenvalue weighted by Gasteiger charge is 2.55. The molecule has 95 heavy (non-hydrogen) atoms. The van der Waals surface area contributed by atoms with Gasteiger partial charge in [-0.15, -0.1) is 0 Å². The molecule has 526 valence electrons. The highest BCUT2D eigenvalue weighted by Crippen LogP contribution is 2.32. The normalized spacial score (nSPS) is 36.2. The van der Waals surface area contributed by atoms with Crippen LogP contribution in [0.4, 0.5) is 5.69 Å². The van der Waals surface area contributed by atoms with Crippen LogP contribution in [0.5, 0.6) is 5.75 Å². The number of hydrogen-bond donors (Lipinski definition) is 23. The number of aliphatic hydroxyl groups is 13. The second kappa shape index (κ2) is 32.0. The number of ether oxygens (including phenoxy) is 6. The van der Waals surface area contributed by atoms with Crippen LogP contribution < -0.4 is 52.2 Å². The van der Waals surface area contributed by atoms with Crippen LogP contribution in [0.3, 0.4) is 0 Å². The predicted octanol–water partition coefficient (Wildman–Crippen LogP) is -11.9. The summed E-state index contributed by atoms with van der Waals surface area (Å²) in [7, 11) is 0. The minimum atomic E-state index is -2.37. The molecule has 24 atom stereocenters. The van der Waals surface area contributed by atoms with Crippen LogP contribution in [-0.4, -0.2) is 317 Å². The van der Waals surface area contributed by atoms with Crippen molar-refractivity contribution in [2.24, 2.45) is 5.92 Å². The number of esters is 1. The van der Waals surface area contributed by atoms with E-state index in [0.29, 0.717) is 0 Å². The standard InChI is InChI=1S/C57H82N12O26/c1-21(2)53(89)90-20-32-39(77)41(79)44(82)55(94-32)95-46-31(19-72)93-54(45(83)42(46)80)91-25-11-9-23(10-12-25)13-26-49(86)66-34(36(74)27-14-61-56(58)65-27)51(88)67-35(37(75)29-15-62-57(59)69(29)52-43(81)40(78)38(76)30(18-71)92-52)50(87)64-28(17-70)48(85)60-16-33(73)68(22(3)47(84)63-26)24-7-5-4-6-8-24/h4-12,21-22,26-32,34-46,52,54-55,70-72,74-83H,13-20H2,1-3H3,(H2,59,62)(H,60,85)(H,63,84)(H,64,87)(H,66,86)(H,67,88)(H3,58,61,65). The smallest absolute Gasteiger partial charge is 0.308 e. The van der Waals surface area contributed by atoms with Gasteiger partial charge in [0.15, 0.2) is 24.4 Å². The Balaban J connectivity index is 1.09. The number of rotatable bonds is 18. The SMILES string of the molecule is CC(C)C(=O)OCC1OC(OC2C(CO)OC(Oc3ccc(CC4NC(=O)C(C)N(c5ccccc5)C(=O)CNC(=O)C(CO)NC(=O)C(C(O)C5CNC(=N)N5C5OC(CO)C(O)C(O)C5O)NC(=O)C(C(O)C5CNC(=N)N5)NC4=O)cc3)C(O)C2O)C(O)C(O)C1O. The Bertz CT molecular complexity index is 3030. The predicted molar refractivity (Wildman–Crippen MR) is 317 cm³/mol. The van der Waals surface area contributed by atoms with Gasteiger partial charge in [-0.25, -0.2) is 0 Å². The van der Waals surface area contributed by atoms with E-state index >= 15 is 9.59 Å². The fraction of sp³-hybridized carbons (Fsp3) is 0.632. The van der Waals surface area contributed by atoms with Crippen molar-refractivity contribution in [3.05, 3.63) is 60.2 Å². The third-order valence-corrected chi connectivity index (χ3v) is 16.9. The summed E-state index contributed by atoms with van der Waals surface area (Å²) in [5.74, 6) is -9.64. The summed E-state index contributed by atoms with van der Waals surface area (Å²) < 4.78 is 33.8. The van der Waals surface area contributed by atoms with Crippen molar-refractivity contribution in [2.45, 2.75) is 174 Å². The number of nitrogens with zero attached hydrogens (tertiary/aromatic N) is 2. The Labute approximate surface area is 540 Å². The lowest BCUT2D eigenvalue weighted by Crippen LogP contribution is -2.69. The molecule has 2 aromatic carbocycles. The number of carbonyl (C=O) groups excluding carboxylic acids is 7. The Morgan fingerprint density at radius 2 is 1.21 bits per heavy atom. The number of amides is 6. The lowest BCUT2D eigenvalue weighted by atomic mass is 9.95. The van der Waals surface area contributed by atoms with Crippen molar-refractivity contribution in [3.63, 3.8) is 0 Å². The van der Waals surface area contributed by atoms with Gasteiger partial charge in [0.2, 0.25) is 41.7 Å². The zero-order valence-corrected chi connectivity index (χ0v) is 51.3. The Morgan fingerprint density at radius 3 is 1.84 bits per heavy atom. The maximum Gasteiger partial charge on any atom is 0.308 e. The molecule has 6 saturated heterocycles. The highest BCUT2D eigenvalue weighted by atomic mass is 16.7. The Morgan fingerprint density at radius 1 is 0.611 bits per heavy atom. The molecule has 8 rings (SSSR count). The molecule has 0 aliphatic carbocycles. The molecule has 0 saturated carbocycles. The molecule has 38 nitrogen and oxygen atoms in total. The van der Waals surface area contributed by atoms with E-state index in [-0.39, 0.29) is 29.5 Å². The molecular weight excluding hydrogens is 1270 g/mol. The van der Waals surface area contributed by atoms with Crippen LogP contribution in [0.15, 0.2) is 54.6 Å². The second-order valence-electron chi connectivity index (χ2n) is 23.8. The minimum Gasteiger partial charge on any atom is -0.463 e. The lowest BCUT2D eigenvalue weighted by molar-refractivity contribution is -0.352. The topological polar surface area (TPSA) is 588 Å². The Hall–Kier alpha value is -7.61. The molecule has 6 heterocycles. The van der Waals surface area contributed by atoms with Gasteiger partial charge in [-0.3, -0.25) is 49.3 Å². The van der Waals surface area contributed by atoms with Crippen LogP contribution in [0.2, 0.25) is 0 Å². The van der Waals surface area contributed by atoms with Gasteiger partial charge in [-0.1, -0.05) is 44.2 Å². The first-order valence-electron chi connectivity index (χ1n) is 30.3. The van der Waals surface area contributed by atoms with Gasteiger partial charge in [0.05, 0.1) is 44.4 Å². The fourth-order valence-corrected chi connectivity index (χ4v) is 11.4. The van der Waals surface area contributed by atoms with E-state index in [2.05, 4.69) is 42.5 Å². The third kappa shape index (κ3) is 16.6. The van der Waals surface area contributed by atoms with Gasteiger partial charge in [-0.2, -0.15) is 0 Å². The molecule has 0 radical (unpaired) electrons. The van der Waals surface area contributed by atoms with Gasteiger partial charge in [0, 0.05) is 25.2 Å². The van der Waals surface area contributed by atoms with Gasteiger partial charge in [0.1, 0.15) is 128 Å². The first-order valence-corrected chi connectivity index (χ1v) is 30.3. The molecular formula is C57H82N12O26. The monoisotopic (exact) mass is 1350 g/mol. The summed E-state index contributed by atoms with van der Waals surface area (Å²) in [6.07, 6.45) is -32.2. The van der Waals surface area contributed by atoms with Gasteiger partial charge < -0.3 is 142 Å². The van der Waals surface area contributed by atoms with Crippen LogP contribution in [-0.2, 0) is 63.7 Å². The summed E-state index contributed by atoms with van der Waals surface area (Å²) in [5, 5.41) is 179. The quantitative estimate of drug-likeness (QED) is 0.0616. The van der Waals surface area contributed by atoms with Crippen molar-refractivity contribution in [1.82, 2.24) is 47.4 Å². The molecule has 24 unspecified atom stereocenters. The van der Waals surface area contributed by atoms with E-state index in [1.165, 1.54) is 55.5 Å². The fourth-order valence-electron chi connectivity index (χ4n) is 11.4. The number of anilines is 1. The van der Waals surface area contributed by atoms with E-state index in [1.807, 2.05) is 0 Å². The van der Waals surface area contributed by atoms with Crippen molar-refractivity contribution >= 4 is 59.0 Å². The maximum absolute atomic E-state index is 15.1. The van der Waals surface area contributed by atoms with Crippen LogP contribution >= 0.6 is 0 Å². The average molecular weight is 1350 g/mol. The van der Waals surface area contributed by atoms with E-state index in [0.717, 1.165) is 9.80 Å². The summed E-state index contributed by atoms with van der Waals surface area (Å²) in [5.41, 5.74) is 0.296. The number of nitrogens with one attached hydrogen (secondary N) is 10. The maximum atomic E-state index is 15.1. The summed E-state index contributed by atoms with van der Waals surface area (Å²) in [4.78, 5) is 101. The molecule has 23 N–H and O–H groups in total. The zero-order chi connectivity index (χ0) is 69.4. The van der Waals surface area contributed by atoms with Crippen molar-refractivity contribution in [2.75, 3.05) is 51.0 Å². The third-order valence-electron chi connectivity index (χ3n) is 16.9. The molecule has 6 amide bonds. The van der Waals surface area contributed by atoms with E-state index in [4.69, 9.17) is 39.2 Å². The zero-order valence-electron chi connectivity index (χ0n) is 51.3. The molecule has 6 aliphatic heterocycles. The number of hydrogen-bond acceptors (Lipinski definition) is 28. The first kappa shape index (κ1) is 73.2. The van der Waals surface area contributed by atoms with Gasteiger partial charge >= 0.3 is 5.97 Å². The van der Waals surface area contributed by atoms with Crippen molar-refractivity contribution in [3.8, 4) is 5.75 Å². The number of para-hydroxylation sites is 1. The molecule has 6 aliphatic rings. The summed E-state index contributed by atoms with van der Waals surface area (Å²) in [6, 6.07) is -0.0495. The van der Waals surface area contributed by atoms with Crippen molar-refractivity contribution in [1.29, 1.82) is 10.8 Å². The van der Waals surface area contributed by atoms with E-state index in [1.54, 1.807) is 19.9 Å². The van der Waals surface area contributed by atoms with Crippen LogP contribution in [0.1, 0.15) is 26.3 Å². The number of carbonyl (C=O) groups is 7. The molecule has 38 heteroatoms. The number of guanidine groups is 2. The van der Waals surface area contributed by atoms with Gasteiger partial charge in [-0.05, 0) is 36.8 Å².